The summed E-state index contributed by atoms with van der Waals surface area (Å²) in [5.41, 5.74) is 3.98. The number of pyridine rings is 1. The number of hydrogen-bond acceptors (Lipinski definition) is 4. The average Bonchev–Trinajstić information content (AvgIpc) is 3.63. The Morgan fingerprint density at radius 1 is 1.00 bits per heavy atom. The van der Waals surface area contributed by atoms with Crippen molar-refractivity contribution in [3.63, 3.8) is 0 Å². The summed E-state index contributed by atoms with van der Waals surface area (Å²) < 4.78 is 1.67. The minimum atomic E-state index is -0.459. The van der Waals surface area contributed by atoms with E-state index in [1.165, 1.54) is 5.56 Å². The van der Waals surface area contributed by atoms with E-state index < -0.39 is 5.41 Å². The molecule has 1 aliphatic carbocycles. The molecule has 1 fully saturated rings. The smallest absolute Gasteiger partial charge is 0.249 e. The fourth-order valence-electron chi connectivity index (χ4n) is 4.15. The van der Waals surface area contributed by atoms with Gasteiger partial charge >= 0.3 is 0 Å². The number of nitrogens with one attached hydrogen (secondary N) is 1. The molecule has 0 bridgehead atoms. The summed E-state index contributed by atoms with van der Waals surface area (Å²) in [6.45, 7) is 4.03. The lowest BCUT2D eigenvalue weighted by molar-refractivity contribution is -0.117. The van der Waals surface area contributed by atoms with E-state index in [0.717, 1.165) is 36.8 Å². The van der Waals surface area contributed by atoms with Gasteiger partial charge in [0, 0.05) is 28.7 Å². The van der Waals surface area contributed by atoms with E-state index in [1.807, 2.05) is 74.6 Å². The van der Waals surface area contributed by atoms with Crippen LogP contribution in [0.1, 0.15) is 49.0 Å². The fraction of sp³-hybridized carbons (Fsp3) is 0.286. The Kier molecular flexibility index (Phi) is 5.74. The van der Waals surface area contributed by atoms with Gasteiger partial charge in [-0.15, -0.1) is 5.10 Å². The summed E-state index contributed by atoms with van der Waals surface area (Å²) in [7, 11) is 0. The van der Waals surface area contributed by atoms with E-state index in [-0.39, 0.29) is 17.6 Å². The van der Waals surface area contributed by atoms with Crippen LogP contribution in [-0.2, 0) is 11.2 Å². The molecule has 0 spiro atoms. The number of ketones is 1. The first-order valence-electron chi connectivity index (χ1n) is 11.8. The van der Waals surface area contributed by atoms with Crippen LogP contribution in [0.5, 0.6) is 0 Å². The molecule has 4 aromatic rings. The number of anilines is 1. The number of hydrogen-bond donors (Lipinski definition) is 1. The van der Waals surface area contributed by atoms with Gasteiger partial charge in [-0.3, -0.25) is 14.9 Å². The number of amides is 1. The Hall–Kier alpha value is -3.80. The lowest BCUT2D eigenvalue weighted by atomic mass is 9.79. The molecule has 2 aromatic heterocycles. The van der Waals surface area contributed by atoms with Crippen LogP contribution < -0.4 is 5.32 Å². The number of Topliss-reactive ketones (excluding diaryl/α,β-unsaturated/α-hetero) is 1. The molecule has 34 heavy (non-hydrogen) atoms. The number of carbonyl (C=O) groups excluding carboxylic acids is 2. The third-order valence-corrected chi connectivity index (χ3v) is 6.50. The first-order chi connectivity index (χ1) is 16.4. The molecule has 1 amide bonds. The fourth-order valence-corrected chi connectivity index (χ4v) is 4.15. The first-order valence-corrected chi connectivity index (χ1v) is 11.8. The van der Waals surface area contributed by atoms with Crippen LogP contribution in [0.25, 0.3) is 16.8 Å². The minimum absolute atomic E-state index is 0.0183. The molecule has 2 heterocycles. The predicted molar refractivity (Wildman–Crippen MR) is 133 cm³/mol. The van der Waals surface area contributed by atoms with Gasteiger partial charge in [-0.2, -0.15) is 4.98 Å². The maximum absolute atomic E-state index is 13.2. The summed E-state index contributed by atoms with van der Waals surface area (Å²) >= 11 is 0. The van der Waals surface area contributed by atoms with Crippen molar-refractivity contribution in [3.05, 3.63) is 84.1 Å². The zero-order valence-electron chi connectivity index (χ0n) is 19.5. The van der Waals surface area contributed by atoms with Crippen molar-refractivity contribution in [1.82, 2.24) is 14.6 Å². The van der Waals surface area contributed by atoms with Crippen molar-refractivity contribution in [2.75, 3.05) is 5.32 Å². The maximum Gasteiger partial charge on any atom is 0.249 e. The Morgan fingerprint density at radius 2 is 1.74 bits per heavy atom. The van der Waals surface area contributed by atoms with Crippen LogP contribution in [0.3, 0.4) is 0 Å². The van der Waals surface area contributed by atoms with E-state index >= 15 is 0 Å². The summed E-state index contributed by atoms with van der Waals surface area (Å²) in [6, 6.07) is 21.8. The molecule has 6 nitrogen and oxygen atoms in total. The van der Waals surface area contributed by atoms with Gasteiger partial charge in [0.1, 0.15) is 0 Å². The van der Waals surface area contributed by atoms with E-state index in [4.69, 9.17) is 0 Å². The van der Waals surface area contributed by atoms with Crippen molar-refractivity contribution in [2.24, 2.45) is 11.3 Å². The highest BCUT2D eigenvalue weighted by Crippen LogP contribution is 2.31. The Morgan fingerprint density at radius 3 is 2.44 bits per heavy atom. The molecule has 1 aliphatic rings. The van der Waals surface area contributed by atoms with E-state index in [2.05, 4.69) is 27.5 Å². The number of nitrogens with zero attached hydrogens (tertiary/aromatic N) is 3. The zero-order chi connectivity index (χ0) is 23.7. The number of benzene rings is 2. The summed E-state index contributed by atoms with van der Waals surface area (Å²) in [6.07, 6.45) is 5.32. The van der Waals surface area contributed by atoms with Crippen molar-refractivity contribution in [2.45, 2.75) is 39.5 Å². The molecule has 0 radical (unpaired) electrons. The average molecular weight is 453 g/mol. The second-order valence-electron chi connectivity index (χ2n) is 9.66. The van der Waals surface area contributed by atoms with Crippen molar-refractivity contribution < 1.29 is 9.59 Å². The SMILES string of the molecule is CC(C)(CCc1ccccc1)C(=O)c1ccc(-c2cccn3nc(NC(=O)C4CC4)nc23)cc1. The third kappa shape index (κ3) is 4.62. The van der Waals surface area contributed by atoms with Gasteiger partial charge in [-0.25, -0.2) is 4.52 Å². The van der Waals surface area contributed by atoms with E-state index in [0.29, 0.717) is 17.2 Å². The quantitative estimate of drug-likeness (QED) is 0.354. The molecule has 172 valence electrons. The van der Waals surface area contributed by atoms with E-state index in [1.54, 1.807) is 4.52 Å². The number of rotatable bonds is 8. The molecule has 0 aliphatic heterocycles. The maximum atomic E-state index is 13.2. The van der Waals surface area contributed by atoms with Gasteiger partial charge in [-0.1, -0.05) is 68.4 Å². The van der Waals surface area contributed by atoms with Crippen LogP contribution in [0.4, 0.5) is 5.95 Å². The van der Waals surface area contributed by atoms with Crippen LogP contribution in [0.2, 0.25) is 0 Å². The Labute approximate surface area is 199 Å². The normalized spacial score (nSPS) is 13.7. The van der Waals surface area contributed by atoms with Crippen LogP contribution >= 0.6 is 0 Å². The molecule has 5 rings (SSSR count). The van der Waals surface area contributed by atoms with Gasteiger partial charge in [0.25, 0.3) is 0 Å². The number of carbonyl (C=O) groups is 2. The minimum Gasteiger partial charge on any atom is -0.294 e. The van der Waals surface area contributed by atoms with Crippen molar-refractivity contribution in [3.8, 4) is 11.1 Å². The number of aromatic nitrogens is 3. The summed E-state index contributed by atoms with van der Waals surface area (Å²) in [4.78, 5) is 29.9. The molecule has 1 saturated carbocycles. The lowest BCUT2D eigenvalue weighted by Gasteiger charge is -2.23. The van der Waals surface area contributed by atoms with Gasteiger partial charge in [-0.05, 0) is 48.9 Å². The lowest BCUT2D eigenvalue weighted by Crippen LogP contribution is -2.25. The monoisotopic (exact) mass is 452 g/mol. The molecular formula is C28H28N4O2. The second kappa shape index (κ2) is 8.86. The third-order valence-electron chi connectivity index (χ3n) is 6.50. The van der Waals surface area contributed by atoms with Crippen LogP contribution in [0, 0.1) is 11.3 Å². The standard InChI is InChI=1S/C28H28N4O2/c1-28(2,17-16-19-7-4-3-5-8-19)24(33)21-12-10-20(11-13-21)23-9-6-18-32-25(23)29-27(31-32)30-26(34)22-14-15-22/h3-13,18,22H,14-17H2,1-2H3,(H,30,31,34). The predicted octanol–water partition coefficient (Wildman–Crippen LogP) is 5.59. The number of aryl methyl sites for hydroxylation is 1. The Balaban J connectivity index is 1.33. The second-order valence-corrected chi connectivity index (χ2v) is 9.66. The van der Waals surface area contributed by atoms with Gasteiger partial charge < -0.3 is 0 Å². The molecule has 6 heteroatoms. The van der Waals surface area contributed by atoms with Crippen molar-refractivity contribution in [1.29, 1.82) is 0 Å². The largest absolute Gasteiger partial charge is 0.294 e. The number of fused-ring (bicyclic) bond motifs is 1. The molecule has 0 unspecified atom stereocenters. The molecule has 1 N–H and O–H groups in total. The van der Waals surface area contributed by atoms with E-state index in [9.17, 15) is 9.59 Å². The molecule has 0 atom stereocenters. The highest BCUT2D eigenvalue weighted by Gasteiger charge is 2.30. The van der Waals surface area contributed by atoms with Crippen LogP contribution in [-0.4, -0.2) is 26.3 Å². The molecule has 0 saturated heterocycles. The summed E-state index contributed by atoms with van der Waals surface area (Å²) in [5.74, 6) is 0.528. The van der Waals surface area contributed by atoms with Crippen LogP contribution in [0.15, 0.2) is 72.9 Å². The highest BCUT2D eigenvalue weighted by atomic mass is 16.2. The highest BCUT2D eigenvalue weighted by molar-refractivity contribution is 6.00. The first kappa shape index (κ1) is 22.0. The molecular weight excluding hydrogens is 424 g/mol. The topological polar surface area (TPSA) is 76.4 Å². The van der Waals surface area contributed by atoms with Gasteiger partial charge in [0.15, 0.2) is 11.4 Å². The van der Waals surface area contributed by atoms with Crippen molar-refractivity contribution >= 4 is 23.3 Å². The van der Waals surface area contributed by atoms with Gasteiger partial charge in [0.2, 0.25) is 11.9 Å². The Bertz CT molecular complexity index is 1340. The van der Waals surface area contributed by atoms with Gasteiger partial charge in [0.05, 0.1) is 0 Å². The zero-order valence-corrected chi connectivity index (χ0v) is 19.5. The summed E-state index contributed by atoms with van der Waals surface area (Å²) in [5, 5.41) is 7.20. The molecule has 2 aromatic carbocycles.